The molecule has 60 heavy (non-hydrogen) atoms. The first kappa shape index (κ1) is 58.7. The van der Waals surface area contributed by atoms with Gasteiger partial charge in [-0.05, 0) is 70.6 Å². The summed E-state index contributed by atoms with van der Waals surface area (Å²) in [6.07, 6.45) is 53.0. The fourth-order valence-corrected chi connectivity index (χ4v) is 7.71. The van der Waals surface area contributed by atoms with Gasteiger partial charge in [0.1, 0.15) is 19.3 Å². The molecule has 0 aliphatic carbocycles. The Morgan fingerprint density at radius 2 is 0.917 bits per heavy atom. The number of ether oxygens (including phenoxy) is 2. The number of allylic oxidation sites excluding steroid dienone is 6. The third-order valence-electron chi connectivity index (χ3n) is 10.9. The van der Waals surface area contributed by atoms with Crippen molar-refractivity contribution >= 4 is 13.8 Å². The number of nitrogens with zero attached hydrogens (tertiary/aromatic N) is 1. The molecule has 8 nitrogen and oxygen atoms in total. The lowest BCUT2D eigenvalue weighted by atomic mass is 10.1. The van der Waals surface area contributed by atoms with Crippen molar-refractivity contribution in [3.05, 3.63) is 36.5 Å². The van der Waals surface area contributed by atoms with Gasteiger partial charge in [-0.15, -0.1) is 0 Å². The van der Waals surface area contributed by atoms with Gasteiger partial charge in [0.15, 0.2) is 0 Å². The number of phosphoric acid groups is 1. The SMILES string of the molecule is CCCCCCC/C=C\C/C=C\CCCCCCCCCCCCOCC(COP(=O)([O-])OCC[N+](C)(C)C)OC(=O)CCCCCCC/C=C\CCCCCCCCC. The molecule has 9 heteroatoms. The number of phosphoric ester groups is 1. The van der Waals surface area contributed by atoms with Crippen LogP contribution in [0.1, 0.15) is 226 Å². The smallest absolute Gasteiger partial charge is 0.306 e. The van der Waals surface area contributed by atoms with E-state index in [1.807, 2.05) is 21.1 Å². The van der Waals surface area contributed by atoms with E-state index in [1.54, 1.807) is 0 Å². The van der Waals surface area contributed by atoms with Crippen LogP contribution in [0.25, 0.3) is 0 Å². The first-order chi connectivity index (χ1) is 29.1. The summed E-state index contributed by atoms with van der Waals surface area (Å²) in [5, 5.41) is 0. The molecule has 0 bridgehead atoms. The van der Waals surface area contributed by atoms with Crippen LogP contribution in [0.2, 0.25) is 0 Å². The molecular weight excluding hydrogens is 770 g/mol. The molecule has 2 atom stereocenters. The third kappa shape index (κ3) is 47.8. The third-order valence-corrected chi connectivity index (χ3v) is 11.9. The highest BCUT2D eigenvalue weighted by molar-refractivity contribution is 7.45. The summed E-state index contributed by atoms with van der Waals surface area (Å²) < 4.78 is 34.7. The summed E-state index contributed by atoms with van der Waals surface area (Å²) in [5.41, 5.74) is 0. The van der Waals surface area contributed by atoms with Gasteiger partial charge in [0.25, 0.3) is 7.82 Å². The molecule has 0 aromatic heterocycles. The maximum Gasteiger partial charge on any atom is 0.306 e. The lowest BCUT2D eigenvalue weighted by molar-refractivity contribution is -0.870. The lowest BCUT2D eigenvalue weighted by Crippen LogP contribution is -2.37. The maximum absolute atomic E-state index is 12.7. The van der Waals surface area contributed by atoms with Crippen molar-refractivity contribution in [2.24, 2.45) is 0 Å². The summed E-state index contributed by atoms with van der Waals surface area (Å²) >= 11 is 0. The first-order valence-corrected chi connectivity index (χ1v) is 26.7. The molecule has 0 rings (SSSR count). The summed E-state index contributed by atoms with van der Waals surface area (Å²) in [4.78, 5) is 25.1. The highest BCUT2D eigenvalue weighted by atomic mass is 31.2. The van der Waals surface area contributed by atoms with E-state index in [0.29, 0.717) is 24.1 Å². The average molecular weight is 868 g/mol. The van der Waals surface area contributed by atoms with Crippen molar-refractivity contribution in [3.63, 3.8) is 0 Å². The minimum atomic E-state index is -4.53. The van der Waals surface area contributed by atoms with Gasteiger partial charge in [0.05, 0.1) is 34.4 Å². The predicted molar refractivity (Wildman–Crippen MR) is 254 cm³/mol. The van der Waals surface area contributed by atoms with Crippen LogP contribution in [-0.2, 0) is 27.9 Å². The molecule has 0 N–H and O–H groups in total. The largest absolute Gasteiger partial charge is 0.756 e. The topological polar surface area (TPSA) is 94.1 Å². The molecular formula is C51H98NO7P. The molecule has 0 aromatic carbocycles. The van der Waals surface area contributed by atoms with E-state index < -0.39 is 13.9 Å². The fraction of sp³-hybridized carbons (Fsp3) is 0.863. The van der Waals surface area contributed by atoms with E-state index >= 15 is 0 Å². The van der Waals surface area contributed by atoms with Crippen LogP contribution in [0.15, 0.2) is 36.5 Å². The molecule has 354 valence electrons. The standard InChI is InChI=1S/C51H98NO7P/c1-6-8-10-12-14-16-18-20-22-24-25-26-27-28-29-31-33-35-37-39-41-43-46-56-48-50(49-58-60(54,55)57-47-45-52(3,4)5)59-51(53)44-42-40-38-36-34-32-30-23-21-19-17-15-13-11-9-7-2/h18,20,23-25,30,50H,6-17,19,21-22,26-29,31-49H2,1-5H3/b20-18-,25-24-,30-23-. The number of rotatable bonds is 47. The number of unbranched alkanes of at least 4 members (excludes halogenated alkanes) is 27. The zero-order valence-electron chi connectivity index (χ0n) is 40.2. The quantitative estimate of drug-likeness (QED) is 0.0198. The minimum absolute atomic E-state index is 0.0242. The molecule has 0 saturated carbocycles. The van der Waals surface area contributed by atoms with E-state index in [1.165, 1.54) is 154 Å². The number of hydrogen-bond donors (Lipinski definition) is 0. The Hall–Kier alpha value is -1.28. The Morgan fingerprint density at radius 1 is 0.517 bits per heavy atom. The van der Waals surface area contributed by atoms with Crippen LogP contribution in [0.3, 0.4) is 0 Å². The lowest BCUT2D eigenvalue weighted by Gasteiger charge is -2.28. The molecule has 0 amide bonds. The summed E-state index contributed by atoms with van der Waals surface area (Å²) in [6.45, 7) is 5.41. The molecule has 2 unspecified atom stereocenters. The molecule has 0 aliphatic heterocycles. The van der Waals surface area contributed by atoms with Gasteiger partial charge in [-0.2, -0.15) is 0 Å². The van der Waals surface area contributed by atoms with E-state index in [0.717, 1.165) is 51.4 Å². The average Bonchev–Trinajstić information content (AvgIpc) is 3.20. The highest BCUT2D eigenvalue weighted by Gasteiger charge is 2.20. The first-order valence-electron chi connectivity index (χ1n) is 25.2. The molecule has 0 fully saturated rings. The minimum Gasteiger partial charge on any atom is -0.756 e. The van der Waals surface area contributed by atoms with E-state index in [-0.39, 0.29) is 25.8 Å². The molecule has 0 heterocycles. The highest BCUT2D eigenvalue weighted by Crippen LogP contribution is 2.38. The monoisotopic (exact) mass is 868 g/mol. The number of likely N-dealkylation sites (N-methyl/N-ethyl adjacent to an activating group) is 1. The van der Waals surface area contributed by atoms with Crippen molar-refractivity contribution in [1.29, 1.82) is 0 Å². The summed E-state index contributed by atoms with van der Waals surface area (Å²) in [5.74, 6) is -0.342. The Kier molecular flexibility index (Phi) is 43.4. The second-order valence-corrected chi connectivity index (χ2v) is 19.6. The number of hydrogen-bond acceptors (Lipinski definition) is 7. The number of carbonyl (C=O) groups excluding carboxylic acids is 1. The summed E-state index contributed by atoms with van der Waals surface area (Å²) in [6, 6.07) is 0. The Morgan fingerprint density at radius 3 is 1.37 bits per heavy atom. The van der Waals surface area contributed by atoms with Gasteiger partial charge in [-0.25, -0.2) is 0 Å². The van der Waals surface area contributed by atoms with Gasteiger partial charge in [0, 0.05) is 13.0 Å². The van der Waals surface area contributed by atoms with E-state index in [9.17, 15) is 14.3 Å². The second kappa shape index (κ2) is 44.3. The molecule has 0 aliphatic rings. The Bertz CT molecular complexity index is 1060. The van der Waals surface area contributed by atoms with Crippen LogP contribution in [0.4, 0.5) is 0 Å². The Labute approximate surface area is 372 Å². The van der Waals surface area contributed by atoms with Crippen LogP contribution in [0.5, 0.6) is 0 Å². The normalized spacial score (nSPS) is 13.9. The van der Waals surface area contributed by atoms with Crippen molar-refractivity contribution in [2.45, 2.75) is 232 Å². The summed E-state index contributed by atoms with van der Waals surface area (Å²) in [7, 11) is 1.35. The van der Waals surface area contributed by atoms with Gasteiger partial charge >= 0.3 is 5.97 Å². The van der Waals surface area contributed by atoms with Crippen molar-refractivity contribution in [1.82, 2.24) is 0 Å². The maximum atomic E-state index is 12.7. The molecule has 0 saturated heterocycles. The fourth-order valence-electron chi connectivity index (χ4n) is 6.98. The molecule has 0 radical (unpaired) electrons. The number of quaternary nitrogens is 1. The second-order valence-electron chi connectivity index (χ2n) is 18.2. The van der Waals surface area contributed by atoms with Crippen molar-refractivity contribution < 1.29 is 37.3 Å². The molecule has 0 aromatic rings. The Balaban J connectivity index is 4.15. The van der Waals surface area contributed by atoms with Gasteiger partial charge < -0.3 is 27.9 Å². The van der Waals surface area contributed by atoms with Crippen LogP contribution < -0.4 is 4.89 Å². The van der Waals surface area contributed by atoms with E-state index in [4.69, 9.17) is 18.5 Å². The van der Waals surface area contributed by atoms with Crippen LogP contribution >= 0.6 is 7.82 Å². The predicted octanol–water partition coefficient (Wildman–Crippen LogP) is 14.7. The zero-order valence-corrected chi connectivity index (χ0v) is 41.1. The van der Waals surface area contributed by atoms with Gasteiger partial charge in [-0.1, -0.05) is 185 Å². The van der Waals surface area contributed by atoms with Crippen molar-refractivity contribution in [2.75, 3.05) is 54.1 Å². The number of esters is 1. The van der Waals surface area contributed by atoms with Gasteiger partial charge in [-0.3, -0.25) is 9.36 Å². The molecule has 0 spiro atoms. The van der Waals surface area contributed by atoms with E-state index in [2.05, 4.69) is 50.3 Å². The van der Waals surface area contributed by atoms with Crippen LogP contribution in [0, 0.1) is 0 Å². The van der Waals surface area contributed by atoms with Crippen molar-refractivity contribution in [3.8, 4) is 0 Å². The number of carbonyl (C=O) groups is 1. The zero-order chi connectivity index (χ0) is 44.1. The van der Waals surface area contributed by atoms with Gasteiger partial charge in [0.2, 0.25) is 0 Å². The van der Waals surface area contributed by atoms with Crippen LogP contribution in [-0.4, -0.2) is 70.7 Å².